The molecule has 0 amide bonds. The number of aliphatic imine (C=N–C) groups is 1. The van der Waals surface area contributed by atoms with Crippen molar-refractivity contribution in [2.45, 2.75) is 50.9 Å². The first kappa shape index (κ1) is 23.0. The van der Waals surface area contributed by atoms with E-state index in [2.05, 4.69) is 59.4 Å². The van der Waals surface area contributed by atoms with Crippen LogP contribution in [0.15, 0.2) is 21.8 Å². The lowest BCUT2D eigenvalue weighted by Gasteiger charge is -2.33. The first-order valence-corrected chi connectivity index (χ1v) is 11.0. The number of rotatable bonds is 7. The second-order valence-corrected chi connectivity index (χ2v) is 9.28. The minimum Gasteiger partial charge on any atom is -0.357 e. The van der Waals surface area contributed by atoms with E-state index in [-0.39, 0.29) is 28.7 Å². The smallest absolute Gasteiger partial charge is 0.191 e. The first-order valence-electron chi connectivity index (χ1n) is 8.86. The van der Waals surface area contributed by atoms with Gasteiger partial charge >= 0.3 is 0 Å². The Morgan fingerprint density at radius 1 is 1.40 bits per heavy atom. The summed E-state index contributed by atoms with van der Waals surface area (Å²) in [5.74, 6) is 0.968. The summed E-state index contributed by atoms with van der Waals surface area (Å²) in [5.41, 5.74) is 1.45. The topological polar surface area (TPSA) is 39.7 Å². The van der Waals surface area contributed by atoms with Crippen LogP contribution in [-0.2, 0) is 6.54 Å². The van der Waals surface area contributed by atoms with Crippen molar-refractivity contribution in [3.8, 4) is 0 Å². The number of nitrogens with one attached hydrogen (secondary N) is 2. The monoisotopic (exact) mass is 496 g/mol. The van der Waals surface area contributed by atoms with Crippen LogP contribution in [0.2, 0.25) is 0 Å². The Kier molecular flexibility index (Phi) is 10.8. The van der Waals surface area contributed by atoms with Crippen LogP contribution in [0, 0.1) is 0 Å². The lowest BCUT2D eigenvalue weighted by atomic mass is 10.0. The van der Waals surface area contributed by atoms with E-state index in [0.29, 0.717) is 6.04 Å². The summed E-state index contributed by atoms with van der Waals surface area (Å²) in [5, 5.41) is 11.5. The van der Waals surface area contributed by atoms with Crippen molar-refractivity contribution in [3.05, 3.63) is 22.4 Å². The van der Waals surface area contributed by atoms with Gasteiger partial charge in [0.2, 0.25) is 0 Å². The standard InChI is InChI=1S/C18H32N4S2.HI/c1-5-19-17(20-14-18(2,3)23-4)21-16-6-9-22(10-7-16)12-15-8-11-24-13-15;/h8,11,13,16H,5-7,9-10,12,14H2,1-4H3,(H2,19,20,21);1H. The lowest BCUT2D eigenvalue weighted by molar-refractivity contribution is 0.198. The van der Waals surface area contributed by atoms with E-state index in [1.165, 1.54) is 18.4 Å². The fraction of sp³-hybridized carbons (Fsp3) is 0.722. The molecule has 2 rings (SSSR count). The van der Waals surface area contributed by atoms with E-state index >= 15 is 0 Å². The number of thioether (sulfide) groups is 1. The molecule has 1 aromatic rings. The van der Waals surface area contributed by atoms with E-state index < -0.39 is 0 Å². The maximum Gasteiger partial charge on any atom is 0.191 e. The number of piperidine rings is 1. The molecule has 1 aliphatic heterocycles. The maximum absolute atomic E-state index is 4.79. The highest BCUT2D eigenvalue weighted by Crippen LogP contribution is 2.21. The van der Waals surface area contributed by atoms with Gasteiger partial charge in [-0.1, -0.05) is 0 Å². The van der Waals surface area contributed by atoms with Gasteiger partial charge < -0.3 is 10.6 Å². The molecule has 0 unspecified atom stereocenters. The van der Waals surface area contributed by atoms with Gasteiger partial charge in [0.15, 0.2) is 5.96 Å². The number of halogens is 1. The van der Waals surface area contributed by atoms with Gasteiger partial charge in [-0.2, -0.15) is 23.1 Å². The Hall–Kier alpha value is 0.01000. The SMILES string of the molecule is CCNC(=NCC(C)(C)SC)NC1CCN(Cc2ccsc2)CC1.I. The third-order valence-electron chi connectivity index (χ3n) is 4.43. The molecule has 0 atom stereocenters. The molecule has 1 aromatic heterocycles. The van der Waals surface area contributed by atoms with Gasteiger partial charge in [-0.25, -0.2) is 0 Å². The fourth-order valence-corrected chi connectivity index (χ4v) is 3.58. The third-order valence-corrected chi connectivity index (χ3v) is 6.40. The molecule has 25 heavy (non-hydrogen) atoms. The highest BCUT2D eigenvalue weighted by atomic mass is 127. The zero-order chi connectivity index (χ0) is 17.4. The molecule has 144 valence electrons. The van der Waals surface area contributed by atoms with E-state index in [1.54, 1.807) is 11.3 Å². The summed E-state index contributed by atoms with van der Waals surface area (Å²) in [6.45, 7) is 11.8. The van der Waals surface area contributed by atoms with Crippen LogP contribution >= 0.6 is 47.1 Å². The second-order valence-electron chi connectivity index (χ2n) is 6.99. The lowest BCUT2D eigenvalue weighted by Crippen LogP contribution is -2.48. The molecule has 0 radical (unpaired) electrons. The summed E-state index contributed by atoms with van der Waals surface area (Å²) in [6, 6.07) is 2.76. The Labute approximate surface area is 178 Å². The molecule has 2 heterocycles. The molecule has 1 saturated heterocycles. The van der Waals surface area contributed by atoms with Crippen molar-refractivity contribution in [2.75, 3.05) is 32.4 Å². The van der Waals surface area contributed by atoms with Crippen LogP contribution in [0.5, 0.6) is 0 Å². The van der Waals surface area contributed by atoms with Crippen molar-refractivity contribution in [1.82, 2.24) is 15.5 Å². The molecular weight excluding hydrogens is 463 g/mol. The summed E-state index contributed by atoms with van der Waals surface area (Å²) in [4.78, 5) is 7.35. The molecule has 1 aliphatic rings. The molecule has 7 heteroatoms. The number of nitrogens with zero attached hydrogens (tertiary/aromatic N) is 2. The van der Waals surface area contributed by atoms with Gasteiger partial charge in [-0.05, 0) is 62.3 Å². The predicted molar refractivity (Wildman–Crippen MR) is 125 cm³/mol. The number of hydrogen-bond acceptors (Lipinski definition) is 4. The average molecular weight is 497 g/mol. The number of guanidine groups is 1. The minimum absolute atomic E-state index is 0. The Bertz CT molecular complexity index is 497. The average Bonchev–Trinajstić information content (AvgIpc) is 3.08. The molecule has 0 saturated carbocycles. The van der Waals surface area contributed by atoms with E-state index in [1.807, 2.05) is 11.8 Å². The largest absolute Gasteiger partial charge is 0.357 e. The Morgan fingerprint density at radius 2 is 2.12 bits per heavy atom. The van der Waals surface area contributed by atoms with Crippen molar-refractivity contribution in [1.29, 1.82) is 0 Å². The molecule has 0 aromatic carbocycles. The fourth-order valence-electron chi connectivity index (χ4n) is 2.72. The van der Waals surface area contributed by atoms with Crippen molar-refractivity contribution in [3.63, 3.8) is 0 Å². The highest BCUT2D eigenvalue weighted by Gasteiger charge is 2.21. The number of likely N-dealkylation sites (tertiary alicyclic amines) is 1. The van der Waals surface area contributed by atoms with Crippen molar-refractivity contribution < 1.29 is 0 Å². The van der Waals surface area contributed by atoms with E-state index in [9.17, 15) is 0 Å². The van der Waals surface area contributed by atoms with Crippen LogP contribution in [0.1, 0.15) is 39.2 Å². The normalized spacial score (nSPS) is 17.2. The van der Waals surface area contributed by atoms with E-state index in [0.717, 1.165) is 38.7 Å². The zero-order valence-electron chi connectivity index (χ0n) is 15.9. The quantitative estimate of drug-likeness (QED) is 0.340. The van der Waals surface area contributed by atoms with Crippen molar-refractivity contribution in [2.24, 2.45) is 4.99 Å². The molecule has 0 bridgehead atoms. The van der Waals surface area contributed by atoms with Gasteiger partial charge in [0.25, 0.3) is 0 Å². The maximum atomic E-state index is 4.79. The van der Waals surface area contributed by atoms with E-state index in [4.69, 9.17) is 4.99 Å². The van der Waals surface area contributed by atoms with Crippen LogP contribution in [0.3, 0.4) is 0 Å². The minimum atomic E-state index is 0. The molecule has 1 fully saturated rings. The number of hydrogen-bond donors (Lipinski definition) is 2. The molecular formula is C18H33IN4S2. The molecule has 4 nitrogen and oxygen atoms in total. The van der Waals surface area contributed by atoms with Crippen LogP contribution in [-0.4, -0.2) is 54.1 Å². The summed E-state index contributed by atoms with van der Waals surface area (Å²) in [7, 11) is 0. The molecule has 2 N–H and O–H groups in total. The predicted octanol–water partition coefficient (Wildman–Crippen LogP) is 4.03. The van der Waals surface area contributed by atoms with Crippen LogP contribution in [0.25, 0.3) is 0 Å². The summed E-state index contributed by atoms with van der Waals surface area (Å²) >= 11 is 3.65. The molecule has 0 aliphatic carbocycles. The summed E-state index contributed by atoms with van der Waals surface area (Å²) in [6.07, 6.45) is 4.51. The number of thiophene rings is 1. The summed E-state index contributed by atoms with van der Waals surface area (Å²) < 4.78 is 0.187. The molecule has 0 spiro atoms. The van der Waals surface area contributed by atoms with Gasteiger partial charge in [-0.15, -0.1) is 24.0 Å². The third kappa shape index (κ3) is 8.49. The van der Waals surface area contributed by atoms with Crippen LogP contribution < -0.4 is 10.6 Å². The van der Waals surface area contributed by atoms with Gasteiger partial charge in [0.1, 0.15) is 0 Å². The van der Waals surface area contributed by atoms with Gasteiger partial charge in [-0.3, -0.25) is 9.89 Å². The highest BCUT2D eigenvalue weighted by molar-refractivity contribution is 14.0. The van der Waals surface area contributed by atoms with Gasteiger partial charge in [0, 0.05) is 37.0 Å². The Balaban J connectivity index is 0.00000312. The van der Waals surface area contributed by atoms with Crippen LogP contribution in [0.4, 0.5) is 0 Å². The van der Waals surface area contributed by atoms with Crippen molar-refractivity contribution >= 4 is 53.0 Å². The Morgan fingerprint density at radius 3 is 2.68 bits per heavy atom. The van der Waals surface area contributed by atoms with Gasteiger partial charge in [0.05, 0.1) is 6.54 Å². The zero-order valence-corrected chi connectivity index (χ0v) is 19.8. The second kappa shape index (κ2) is 11.7. The first-order chi connectivity index (χ1) is 11.5.